The van der Waals surface area contributed by atoms with Crippen molar-refractivity contribution in [3.8, 4) is 0 Å². The highest BCUT2D eigenvalue weighted by atomic mass is 32.2. The molecule has 1 aromatic heterocycles. The standard InChI is InChI=1S/C21H27N5O5S2/c1-14-17(33(30,31)23-20(2,3)4)32-19(22-14)25-11-5-10-21(18(25)27)12-24(13-21)15-6-8-16(9-7-15)26(28)29/h6-9,23H,5,10-13H2,1-4H3. The molecule has 178 valence electrons. The van der Waals surface area contributed by atoms with Crippen molar-refractivity contribution >= 4 is 43.8 Å². The van der Waals surface area contributed by atoms with E-state index in [9.17, 15) is 23.3 Å². The Kier molecular flexibility index (Phi) is 5.74. The zero-order valence-electron chi connectivity index (χ0n) is 19.0. The fourth-order valence-corrected chi connectivity index (χ4v) is 7.33. The van der Waals surface area contributed by atoms with E-state index in [1.54, 1.807) is 44.7 Å². The summed E-state index contributed by atoms with van der Waals surface area (Å²) in [5.41, 5.74) is 0.0543. The molecular weight excluding hydrogens is 466 g/mol. The first-order valence-electron chi connectivity index (χ1n) is 10.6. The lowest BCUT2D eigenvalue weighted by atomic mass is 9.72. The van der Waals surface area contributed by atoms with Gasteiger partial charge in [0, 0.05) is 43.0 Å². The van der Waals surface area contributed by atoms with Crippen LogP contribution in [0, 0.1) is 22.5 Å². The monoisotopic (exact) mass is 493 g/mol. The lowest BCUT2D eigenvalue weighted by Gasteiger charge is -2.53. The number of sulfonamides is 1. The highest BCUT2D eigenvalue weighted by Gasteiger charge is 2.53. The summed E-state index contributed by atoms with van der Waals surface area (Å²) in [6.07, 6.45) is 1.54. The van der Waals surface area contributed by atoms with Crippen molar-refractivity contribution in [3.63, 3.8) is 0 Å². The number of benzene rings is 1. The van der Waals surface area contributed by atoms with E-state index in [-0.39, 0.29) is 15.8 Å². The van der Waals surface area contributed by atoms with Gasteiger partial charge < -0.3 is 4.90 Å². The van der Waals surface area contributed by atoms with Gasteiger partial charge in [0.15, 0.2) is 9.34 Å². The second-order valence-electron chi connectivity index (χ2n) is 9.70. The van der Waals surface area contributed by atoms with Gasteiger partial charge in [-0.3, -0.25) is 19.8 Å². The number of hydrogen-bond donors (Lipinski definition) is 1. The average Bonchev–Trinajstić information content (AvgIpc) is 3.07. The van der Waals surface area contributed by atoms with E-state index >= 15 is 0 Å². The van der Waals surface area contributed by atoms with Crippen LogP contribution >= 0.6 is 11.3 Å². The smallest absolute Gasteiger partial charge is 0.269 e. The molecule has 0 saturated carbocycles. The molecule has 10 nitrogen and oxygen atoms in total. The number of nitro benzene ring substituents is 1. The lowest BCUT2D eigenvalue weighted by Crippen LogP contribution is -2.66. The van der Waals surface area contributed by atoms with Crippen LogP contribution in [-0.2, 0) is 14.8 Å². The SMILES string of the molecule is Cc1nc(N2CCCC3(CN(c4ccc([N+](=O)[O-])cc4)C3)C2=O)sc1S(=O)(=O)NC(C)(C)C. The Bertz CT molecular complexity index is 1190. The summed E-state index contributed by atoms with van der Waals surface area (Å²) in [5, 5.41) is 11.3. The number of rotatable bonds is 5. The van der Waals surface area contributed by atoms with Gasteiger partial charge in [0.05, 0.1) is 16.0 Å². The van der Waals surface area contributed by atoms with Crippen LogP contribution in [-0.4, -0.2) is 49.4 Å². The van der Waals surface area contributed by atoms with Crippen molar-refractivity contribution < 1.29 is 18.1 Å². The van der Waals surface area contributed by atoms with Crippen LogP contribution in [0.3, 0.4) is 0 Å². The summed E-state index contributed by atoms with van der Waals surface area (Å²) in [7, 11) is -3.75. The van der Waals surface area contributed by atoms with E-state index in [0.717, 1.165) is 29.9 Å². The molecule has 2 aliphatic rings. The third-order valence-electron chi connectivity index (χ3n) is 5.81. The molecule has 12 heteroatoms. The van der Waals surface area contributed by atoms with Gasteiger partial charge >= 0.3 is 0 Å². The molecular formula is C21H27N5O5S2. The number of nitrogens with one attached hydrogen (secondary N) is 1. The van der Waals surface area contributed by atoms with E-state index in [2.05, 4.69) is 9.71 Å². The van der Waals surface area contributed by atoms with Gasteiger partial charge in [-0.1, -0.05) is 11.3 Å². The zero-order valence-corrected chi connectivity index (χ0v) is 20.6. The molecule has 2 aromatic rings. The topological polar surface area (TPSA) is 126 Å². The minimum Gasteiger partial charge on any atom is -0.369 e. The van der Waals surface area contributed by atoms with Crippen LogP contribution < -0.4 is 14.5 Å². The second-order valence-corrected chi connectivity index (χ2v) is 12.6. The first-order chi connectivity index (χ1) is 15.3. The summed E-state index contributed by atoms with van der Waals surface area (Å²) in [6, 6.07) is 6.31. The zero-order chi connectivity index (χ0) is 24.2. The number of carbonyl (C=O) groups excluding carboxylic acids is 1. The summed E-state index contributed by atoms with van der Waals surface area (Å²) in [5.74, 6) is -0.0478. The molecule has 0 radical (unpaired) electrons. The number of non-ortho nitro benzene ring substituents is 1. The molecule has 0 aliphatic carbocycles. The lowest BCUT2D eigenvalue weighted by molar-refractivity contribution is -0.384. The number of amides is 1. The Morgan fingerprint density at radius 3 is 2.42 bits per heavy atom. The molecule has 33 heavy (non-hydrogen) atoms. The highest BCUT2D eigenvalue weighted by Crippen LogP contribution is 2.44. The fourth-order valence-electron chi connectivity index (χ4n) is 4.38. The van der Waals surface area contributed by atoms with Gasteiger partial charge in [-0.15, -0.1) is 0 Å². The highest BCUT2D eigenvalue weighted by molar-refractivity contribution is 7.91. The third kappa shape index (κ3) is 4.46. The molecule has 2 fully saturated rings. The van der Waals surface area contributed by atoms with Crippen LogP contribution in [0.1, 0.15) is 39.3 Å². The van der Waals surface area contributed by atoms with Crippen molar-refractivity contribution in [2.24, 2.45) is 5.41 Å². The number of nitro groups is 1. The van der Waals surface area contributed by atoms with E-state index in [1.807, 2.05) is 4.90 Å². The molecule has 1 amide bonds. The van der Waals surface area contributed by atoms with Crippen molar-refractivity contribution in [1.29, 1.82) is 0 Å². The van der Waals surface area contributed by atoms with Crippen molar-refractivity contribution in [1.82, 2.24) is 9.71 Å². The Morgan fingerprint density at radius 2 is 1.85 bits per heavy atom. The summed E-state index contributed by atoms with van der Waals surface area (Å²) in [6.45, 7) is 8.48. The second kappa shape index (κ2) is 8.03. The average molecular weight is 494 g/mol. The molecule has 2 aliphatic heterocycles. The third-order valence-corrected chi connectivity index (χ3v) is 9.35. The minimum atomic E-state index is -3.75. The molecule has 0 atom stereocenters. The molecule has 1 N–H and O–H groups in total. The van der Waals surface area contributed by atoms with Crippen LogP contribution in [0.25, 0.3) is 0 Å². The first kappa shape index (κ1) is 23.6. The quantitative estimate of drug-likeness (QED) is 0.501. The van der Waals surface area contributed by atoms with Gasteiger partial charge in [-0.05, 0) is 52.7 Å². The molecule has 0 bridgehead atoms. The van der Waals surface area contributed by atoms with E-state index < -0.39 is 25.9 Å². The van der Waals surface area contributed by atoms with Crippen molar-refractivity contribution in [2.45, 2.75) is 50.3 Å². The van der Waals surface area contributed by atoms with Gasteiger partial charge in [0.25, 0.3) is 15.7 Å². The number of aromatic nitrogens is 1. The Balaban J connectivity index is 1.52. The van der Waals surface area contributed by atoms with E-state index in [4.69, 9.17) is 0 Å². The predicted octanol–water partition coefficient (Wildman–Crippen LogP) is 3.07. The largest absolute Gasteiger partial charge is 0.369 e. The number of aryl methyl sites for hydroxylation is 1. The molecule has 1 aromatic carbocycles. The van der Waals surface area contributed by atoms with Crippen LogP contribution in [0.2, 0.25) is 0 Å². The van der Waals surface area contributed by atoms with Crippen LogP contribution in [0.4, 0.5) is 16.5 Å². The molecule has 2 saturated heterocycles. The molecule has 4 rings (SSSR count). The van der Waals surface area contributed by atoms with E-state index in [1.165, 1.54) is 12.1 Å². The normalized spacial score (nSPS) is 18.5. The number of nitrogens with zero attached hydrogens (tertiary/aromatic N) is 4. The fraction of sp³-hybridized carbons (Fsp3) is 0.524. The summed E-state index contributed by atoms with van der Waals surface area (Å²) < 4.78 is 28.4. The number of anilines is 2. The molecule has 0 unspecified atom stereocenters. The number of hydrogen-bond acceptors (Lipinski definition) is 8. The Hall–Kier alpha value is -2.57. The Morgan fingerprint density at radius 1 is 1.21 bits per heavy atom. The maximum absolute atomic E-state index is 13.5. The minimum absolute atomic E-state index is 0.0275. The van der Waals surface area contributed by atoms with Crippen LogP contribution in [0.15, 0.2) is 28.5 Å². The number of thiazole rings is 1. The van der Waals surface area contributed by atoms with Gasteiger partial charge in [0.1, 0.15) is 0 Å². The van der Waals surface area contributed by atoms with E-state index in [0.29, 0.717) is 30.5 Å². The first-order valence-corrected chi connectivity index (χ1v) is 12.9. The van der Waals surface area contributed by atoms with Crippen LogP contribution in [0.5, 0.6) is 0 Å². The predicted molar refractivity (Wildman–Crippen MR) is 126 cm³/mol. The van der Waals surface area contributed by atoms with Crippen molar-refractivity contribution in [3.05, 3.63) is 40.1 Å². The number of piperidine rings is 1. The van der Waals surface area contributed by atoms with Gasteiger partial charge in [-0.25, -0.2) is 18.1 Å². The molecule has 1 spiro atoms. The van der Waals surface area contributed by atoms with Gasteiger partial charge in [-0.2, -0.15) is 0 Å². The summed E-state index contributed by atoms with van der Waals surface area (Å²) in [4.78, 5) is 32.0. The maximum atomic E-state index is 13.5. The maximum Gasteiger partial charge on any atom is 0.269 e. The summed E-state index contributed by atoms with van der Waals surface area (Å²) >= 11 is 1.02. The molecule has 3 heterocycles. The Labute approximate surface area is 196 Å². The van der Waals surface area contributed by atoms with Crippen molar-refractivity contribution in [2.75, 3.05) is 29.4 Å². The van der Waals surface area contributed by atoms with Gasteiger partial charge in [0.2, 0.25) is 5.91 Å². The number of carbonyl (C=O) groups is 1.